The maximum absolute atomic E-state index is 9.33. The first-order valence-electron chi connectivity index (χ1n) is 9.23. The number of ether oxygens (including phenoxy) is 1. The van der Waals surface area contributed by atoms with Gasteiger partial charge in [-0.1, -0.05) is 13.8 Å². The minimum absolute atomic E-state index is 0. The molecule has 0 aliphatic carbocycles. The average Bonchev–Trinajstić information content (AvgIpc) is 3.23. The highest BCUT2D eigenvalue weighted by Crippen LogP contribution is 2.32. The largest absolute Gasteiger partial charge is 0.396 e. The number of aliphatic hydroxyl groups is 1. The van der Waals surface area contributed by atoms with Crippen LogP contribution in [0.5, 0.6) is 0 Å². The van der Waals surface area contributed by atoms with Gasteiger partial charge in [-0.3, -0.25) is 4.99 Å². The predicted molar refractivity (Wildman–Crippen MR) is 119 cm³/mol. The SMILES string of the molecule is CCNC(=NCC1(CCO)CCOC1)NCCc1csc(C(C)C)n1.I. The van der Waals surface area contributed by atoms with Crippen LogP contribution in [0.25, 0.3) is 0 Å². The number of nitrogens with zero attached hydrogens (tertiary/aromatic N) is 2. The lowest BCUT2D eigenvalue weighted by atomic mass is 9.84. The second-order valence-corrected chi connectivity index (χ2v) is 7.87. The Kier molecular flexibility index (Phi) is 11.0. The van der Waals surface area contributed by atoms with Crippen molar-refractivity contribution in [1.82, 2.24) is 15.6 Å². The average molecular weight is 496 g/mol. The van der Waals surface area contributed by atoms with E-state index in [2.05, 4.69) is 41.8 Å². The molecule has 0 aromatic carbocycles. The number of nitrogens with one attached hydrogen (secondary N) is 2. The van der Waals surface area contributed by atoms with Crippen LogP contribution in [0.2, 0.25) is 0 Å². The maximum Gasteiger partial charge on any atom is 0.191 e. The second kappa shape index (κ2) is 12.1. The fraction of sp³-hybridized carbons (Fsp3) is 0.778. The summed E-state index contributed by atoms with van der Waals surface area (Å²) in [5, 5.41) is 19.4. The standard InChI is InChI=1S/C18H32N4O2S.HI/c1-4-19-17(21-12-18(6-9-23)7-10-24-13-18)20-8-5-15-11-25-16(22-15)14(2)3;/h11,14,23H,4-10,12-13H2,1-3H3,(H2,19,20,21);1H. The molecule has 2 rings (SSSR count). The van der Waals surface area contributed by atoms with Crippen molar-refractivity contribution in [2.45, 2.75) is 46.0 Å². The molecule has 8 heteroatoms. The summed E-state index contributed by atoms with van der Waals surface area (Å²) < 4.78 is 5.54. The van der Waals surface area contributed by atoms with Crippen molar-refractivity contribution in [3.8, 4) is 0 Å². The Bertz CT molecular complexity index is 545. The molecule has 1 aliphatic rings. The molecular weight excluding hydrogens is 463 g/mol. The van der Waals surface area contributed by atoms with Crippen molar-refractivity contribution in [2.75, 3.05) is 39.5 Å². The molecule has 1 aliphatic heterocycles. The summed E-state index contributed by atoms with van der Waals surface area (Å²) in [5.74, 6) is 1.31. The van der Waals surface area contributed by atoms with Gasteiger partial charge in [-0.25, -0.2) is 4.98 Å². The van der Waals surface area contributed by atoms with E-state index >= 15 is 0 Å². The monoisotopic (exact) mass is 496 g/mol. The molecule has 6 nitrogen and oxygen atoms in total. The summed E-state index contributed by atoms with van der Waals surface area (Å²) in [7, 11) is 0. The highest BCUT2D eigenvalue weighted by atomic mass is 127. The maximum atomic E-state index is 9.33. The van der Waals surface area contributed by atoms with Crippen LogP contribution < -0.4 is 10.6 Å². The molecule has 1 saturated heterocycles. The van der Waals surface area contributed by atoms with Crippen molar-refractivity contribution in [2.24, 2.45) is 10.4 Å². The Morgan fingerprint density at radius 3 is 2.85 bits per heavy atom. The van der Waals surface area contributed by atoms with Crippen LogP contribution in [0.15, 0.2) is 10.4 Å². The number of hydrogen-bond acceptors (Lipinski definition) is 5. The van der Waals surface area contributed by atoms with E-state index in [9.17, 15) is 5.11 Å². The van der Waals surface area contributed by atoms with Gasteiger partial charge < -0.3 is 20.5 Å². The lowest BCUT2D eigenvalue weighted by Crippen LogP contribution is -2.39. The Morgan fingerprint density at radius 2 is 2.27 bits per heavy atom. The van der Waals surface area contributed by atoms with Gasteiger partial charge in [0, 0.05) is 49.4 Å². The van der Waals surface area contributed by atoms with Gasteiger partial charge in [0.05, 0.1) is 23.9 Å². The zero-order valence-electron chi connectivity index (χ0n) is 16.1. The predicted octanol–water partition coefficient (Wildman–Crippen LogP) is 2.77. The molecule has 0 spiro atoms. The third kappa shape index (κ3) is 7.28. The molecule has 1 unspecified atom stereocenters. The molecule has 2 heterocycles. The van der Waals surface area contributed by atoms with Crippen LogP contribution in [-0.4, -0.2) is 55.5 Å². The Labute approximate surface area is 178 Å². The summed E-state index contributed by atoms with van der Waals surface area (Å²) in [6.45, 7) is 10.4. The topological polar surface area (TPSA) is 78.8 Å². The van der Waals surface area contributed by atoms with Crippen LogP contribution >= 0.6 is 35.3 Å². The fourth-order valence-electron chi connectivity index (χ4n) is 2.89. The van der Waals surface area contributed by atoms with E-state index in [4.69, 9.17) is 9.73 Å². The fourth-order valence-corrected chi connectivity index (χ4v) is 3.76. The van der Waals surface area contributed by atoms with Crippen LogP contribution in [0.3, 0.4) is 0 Å². The van der Waals surface area contributed by atoms with Gasteiger partial charge in [-0.2, -0.15) is 0 Å². The second-order valence-electron chi connectivity index (χ2n) is 6.98. The van der Waals surface area contributed by atoms with Crippen molar-refractivity contribution >= 4 is 41.3 Å². The Morgan fingerprint density at radius 1 is 1.46 bits per heavy atom. The molecule has 0 radical (unpaired) electrons. The van der Waals surface area contributed by atoms with Crippen molar-refractivity contribution in [3.05, 3.63) is 16.1 Å². The molecule has 1 aromatic rings. The van der Waals surface area contributed by atoms with Gasteiger partial charge in [0.15, 0.2) is 5.96 Å². The van der Waals surface area contributed by atoms with E-state index in [0.29, 0.717) is 19.1 Å². The number of rotatable bonds is 9. The molecule has 1 fully saturated rings. The van der Waals surface area contributed by atoms with Crippen LogP contribution in [0, 0.1) is 5.41 Å². The molecule has 0 amide bonds. The number of aliphatic hydroxyl groups excluding tert-OH is 1. The Hall–Kier alpha value is -0.450. The lowest BCUT2D eigenvalue weighted by molar-refractivity contribution is 0.131. The van der Waals surface area contributed by atoms with Gasteiger partial charge in [0.1, 0.15) is 0 Å². The van der Waals surface area contributed by atoms with Gasteiger partial charge in [0.25, 0.3) is 0 Å². The molecule has 150 valence electrons. The minimum Gasteiger partial charge on any atom is -0.396 e. The first-order valence-corrected chi connectivity index (χ1v) is 10.1. The molecule has 0 saturated carbocycles. The van der Waals surface area contributed by atoms with E-state index in [1.165, 1.54) is 5.01 Å². The van der Waals surface area contributed by atoms with E-state index in [-0.39, 0.29) is 36.0 Å². The number of aliphatic imine (C=N–C) groups is 1. The number of halogens is 1. The summed E-state index contributed by atoms with van der Waals surface area (Å²) in [6, 6.07) is 0. The molecule has 3 N–H and O–H groups in total. The summed E-state index contributed by atoms with van der Waals surface area (Å²) in [4.78, 5) is 9.41. The third-order valence-corrected chi connectivity index (χ3v) is 5.68. The van der Waals surface area contributed by atoms with Crippen molar-refractivity contribution < 1.29 is 9.84 Å². The molecule has 0 bridgehead atoms. The Balaban J connectivity index is 0.00000338. The van der Waals surface area contributed by atoms with Crippen molar-refractivity contribution in [3.63, 3.8) is 0 Å². The molecule has 26 heavy (non-hydrogen) atoms. The zero-order chi connectivity index (χ0) is 18.1. The summed E-state index contributed by atoms with van der Waals surface area (Å²) >= 11 is 1.74. The number of aromatic nitrogens is 1. The first kappa shape index (κ1) is 23.6. The van der Waals surface area contributed by atoms with Crippen LogP contribution in [0.1, 0.15) is 50.2 Å². The number of thiazole rings is 1. The third-order valence-electron chi connectivity index (χ3n) is 4.48. The van der Waals surface area contributed by atoms with E-state index in [1.807, 2.05) is 0 Å². The normalized spacial score (nSPS) is 20.3. The van der Waals surface area contributed by atoms with Crippen LogP contribution in [-0.2, 0) is 11.2 Å². The minimum atomic E-state index is -0.0157. The van der Waals surface area contributed by atoms with E-state index in [0.717, 1.165) is 50.6 Å². The number of guanidine groups is 1. The summed E-state index contributed by atoms with van der Waals surface area (Å²) in [6.07, 6.45) is 2.60. The summed E-state index contributed by atoms with van der Waals surface area (Å²) in [5.41, 5.74) is 1.12. The van der Waals surface area contributed by atoms with E-state index in [1.54, 1.807) is 11.3 Å². The smallest absolute Gasteiger partial charge is 0.191 e. The van der Waals surface area contributed by atoms with Gasteiger partial charge in [0.2, 0.25) is 0 Å². The zero-order valence-corrected chi connectivity index (χ0v) is 19.2. The quantitative estimate of drug-likeness (QED) is 0.279. The van der Waals surface area contributed by atoms with Gasteiger partial charge >= 0.3 is 0 Å². The van der Waals surface area contributed by atoms with Gasteiger partial charge in [-0.05, 0) is 19.8 Å². The molecule has 1 atom stereocenters. The van der Waals surface area contributed by atoms with Gasteiger partial charge in [-0.15, -0.1) is 35.3 Å². The van der Waals surface area contributed by atoms with Crippen LogP contribution in [0.4, 0.5) is 0 Å². The van der Waals surface area contributed by atoms with Crippen molar-refractivity contribution in [1.29, 1.82) is 0 Å². The highest BCUT2D eigenvalue weighted by molar-refractivity contribution is 14.0. The molecular formula is C18H33IN4O2S. The lowest BCUT2D eigenvalue weighted by Gasteiger charge is -2.24. The first-order chi connectivity index (χ1) is 12.1. The highest BCUT2D eigenvalue weighted by Gasteiger charge is 2.34. The number of hydrogen-bond donors (Lipinski definition) is 3. The van der Waals surface area contributed by atoms with E-state index < -0.39 is 0 Å². The molecule has 1 aromatic heterocycles.